The fourth-order valence-electron chi connectivity index (χ4n) is 2.81. The molecule has 0 aliphatic carbocycles. The molecule has 0 radical (unpaired) electrons. The van der Waals surface area contributed by atoms with E-state index in [0.717, 1.165) is 11.3 Å². The van der Waals surface area contributed by atoms with E-state index in [1.807, 2.05) is 45.0 Å². The summed E-state index contributed by atoms with van der Waals surface area (Å²) in [5.74, 6) is 0.785. The highest BCUT2D eigenvalue weighted by atomic mass is 32.2. The zero-order valence-corrected chi connectivity index (χ0v) is 18.3. The van der Waals surface area contributed by atoms with Crippen LogP contribution in [-0.2, 0) is 14.3 Å². The van der Waals surface area contributed by atoms with Crippen molar-refractivity contribution in [3.63, 3.8) is 0 Å². The average molecular weight is 406 g/mol. The van der Waals surface area contributed by atoms with Crippen molar-refractivity contribution in [2.75, 3.05) is 26.4 Å². The Balaban J connectivity index is 2.22. The van der Waals surface area contributed by atoms with Crippen LogP contribution in [0.4, 0.5) is 0 Å². The maximum Gasteiger partial charge on any atom is 0.267 e. The summed E-state index contributed by atoms with van der Waals surface area (Å²) in [5.41, 5.74) is 1.25. The van der Waals surface area contributed by atoms with Gasteiger partial charge in [0.05, 0.1) is 17.1 Å². The maximum atomic E-state index is 13.0. The summed E-state index contributed by atoms with van der Waals surface area (Å²) in [6.07, 6.45) is 0.639. The zero-order chi connectivity index (χ0) is 20.7. The van der Waals surface area contributed by atoms with E-state index < -0.39 is 0 Å². The summed E-state index contributed by atoms with van der Waals surface area (Å²) in [5, 5.41) is 0.207. The van der Waals surface area contributed by atoms with Gasteiger partial charge in [0.25, 0.3) is 11.8 Å². The van der Waals surface area contributed by atoms with Gasteiger partial charge >= 0.3 is 0 Å². The second kappa shape index (κ2) is 10.7. The Hall–Kier alpha value is -1.79. The van der Waals surface area contributed by atoms with Crippen LogP contribution in [0.1, 0.15) is 46.6 Å². The predicted molar refractivity (Wildman–Crippen MR) is 114 cm³/mol. The number of rotatable bonds is 11. The fraction of sp³-hybridized carbons (Fsp3) is 0.545. The minimum Gasteiger partial charge on any atom is -0.493 e. The first kappa shape index (κ1) is 22.5. The molecule has 1 aliphatic heterocycles. The van der Waals surface area contributed by atoms with Crippen LogP contribution < -0.4 is 4.74 Å². The zero-order valence-electron chi connectivity index (χ0n) is 17.5. The molecular formula is C22H31NO4S. The van der Waals surface area contributed by atoms with Gasteiger partial charge in [-0.1, -0.05) is 39.8 Å². The number of benzene rings is 1. The van der Waals surface area contributed by atoms with Crippen LogP contribution in [0, 0.1) is 5.92 Å². The normalized spacial score (nSPS) is 14.8. The average Bonchev–Trinajstić information content (AvgIpc) is 2.87. The molecule has 0 saturated carbocycles. The summed E-state index contributed by atoms with van der Waals surface area (Å²) >= 11 is 1.45. The number of hydrogen-bond donors (Lipinski definition) is 0. The lowest BCUT2D eigenvalue weighted by Gasteiger charge is -2.15. The van der Waals surface area contributed by atoms with Crippen molar-refractivity contribution in [2.45, 2.75) is 46.3 Å². The Morgan fingerprint density at radius 1 is 1.04 bits per heavy atom. The lowest BCUT2D eigenvalue weighted by Crippen LogP contribution is -2.33. The Bertz CT molecular complexity index is 710. The minimum absolute atomic E-state index is 0.199. The van der Waals surface area contributed by atoms with Gasteiger partial charge in [-0.05, 0) is 37.0 Å². The minimum atomic E-state index is -0.222. The number of nitrogens with zero attached hydrogens (tertiary/aromatic N) is 1. The Labute approximate surface area is 172 Å². The monoisotopic (exact) mass is 405 g/mol. The molecule has 0 aromatic heterocycles. The third kappa shape index (κ3) is 5.85. The third-order valence-corrected chi connectivity index (χ3v) is 5.17. The van der Waals surface area contributed by atoms with Crippen LogP contribution in [0.15, 0.2) is 29.2 Å². The highest BCUT2D eigenvalue weighted by molar-refractivity contribution is 8.04. The molecule has 1 aliphatic rings. The van der Waals surface area contributed by atoms with Gasteiger partial charge in [-0.3, -0.25) is 14.5 Å². The molecule has 154 valence electrons. The maximum absolute atomic E-state index is 13.0. The van der Waals surface area contributed by atoms with Gasteiger partial charge in [0.1, 0.15) is 5.75 Å². The van der Waals surface area contributed by atoms with Crippen molar-refractivity contribution in [3.05, 3.63) is 34.7 Å². The number of amides is 2. The van der Waals surface area contributed by atoms with E-state index in [-0.39, 0.29) is 17.1 Å². The van der Waals surface area contributed by atoms with Gasteiger partial charge in [-0.25, -0.2) is 0 Å². The molecule has 0 fully saturated rings. The second-order valence-corrected chi connectivity index (χ2v) is 9.00. The number of thioether (sulfide) groups is 1. The molecule has 0 saturated heterocycles. The second-order valence-electron chi connectivity index (χ2n) is 7.41. The van der Waals surface area contributed by atoms with Crippen LogP contribution in [0.25, 0.3) is 5.57 Å². The lowest BCUT2D eigenvalue weighted by molar-refractivity contribution is -0.136. The molecule has 1 aromatic carbocycles. The number of ether oxygens (including phenoxy) is 2. The Morgan fingerprint density at radius 2 is 1.71 bits per heavy atom. The van der Waals surface area contributed by atoms with Crippen LogP contribution in [0.3, 0.4) is 0 Å². The van der Waals surface area contributed by atoms with Crippen molar-refractivity contribution < 1.29 is 19.1 Å². The van der Waals surface area contributed by atoms with E-state index in [1.165, 1.54) is 16.7 Å². The number of carbonyl (C=O) groups excluding carboxylic acids is 2. The smallest absolute Gasteiger partial charge is 0.267 e. The van der Waals surface area contributed by atoms with Crippen molar-refractivity contribution in [2.24, 2.45) is 5.92 Å². The van der Waals surface area contributed by atoms with E-state index in [0.29, 0.717) is 49.2 Å². The molecule has 0 N–H and O–H groups in total. The van der Waals surface area contributed by atoms with Gasteiger partial charge in [-0.15, -0.1) is 11.8 Å². The molecular weight excluding hydrogens is 374 g/mol. The molecule has 1 aromatic rings. The fourth-order valence-corrected chi connectivity index (χ4v) is 3.81. The molecule has 6 heteroatoms. The number of hydrogen-bond acceptors (Lipinski definition) is 5. The SMILES string of the molecule is CCOCCCN1C(=O)C(SC(C)C)=C(c2ccc(OCC(C)C)cc2)C1=O. The van der Waals surface area contributed by atoms with Gasteiger partial charge < -0.3 is 9.47 Å². The Kier molecular flexibility index (Phi) is 8.58. The van der Waals surface area contributed by atoms with Crippen LogP contribution in [-0.4, -0.2) is 48.3 Å². The van der Waals surface area contributed by atoms with E-state index in [1.54, 1.807) is 0 Å². The van der Waals surface area contributed by atoms with Gasteiger partial charge in [0.15, 0.2) is 0 Å². The van der Waals surface area contributed by atoms with E-state index in [2.05, 4.69) is 13.8 Å². The highest BCUT2D eigenvalue weighted by Gasteiger charge is 2.39. The number of imide groups is 1. The first-order chi connectivity index (χ1) is 13.3. The summed E-state index contributed by atoms with van der Waals surface area (Å²) < 4.78 is 11.1. The first-order valence-electron chi connectivity index (χ1n) is 9.93. The molecule has 0 bridgehead atoms. The third-order valence-electron chi connectivity index (χ3n) is 4.08. The van der Waals surface area contributed by atoms with Gasteiger partial charge in [0.2, 0.25) is 0 Å². The first-order valence-corrected chi connectivity index (χ1v) is 10.8. The topological polar surface area (TPSA) is 55.8 Å². The van der Waals surface area contributed by atoms with Crippen molar-refractivity contribution in [1.29, 1.82) is 0 Å². The van der Waals surface area contributed by atoms with E-state index in [9.17, 15) is 9.59 Å². The quantitative estimate of drug-likeness (QED) is 0.404. The van der Waals surface area contributed by atoms with Crippen LogP contribution in [0.5, 0.6) is 5.75 Å². The molecule has 0 atom stereocenters. The van der Waals surface area contributed by atoms with E-state index >= 15 is 0 Å². The molecule has 28 heavy (non-hydrogen) atoms. The lowest BCUT2D eigenvalue weighted by atomic mass is 10.1. The molecule has 0 spiro atoms. The van der Waals surface area contributed by atoms with Crippen molar-refractivity contribution in [1.82, 2.24) is 4.90 Å². The molecule has 5 nitrogen and oxygen atoms in total. The van der Waals surface area contributed by atoms with Crippen molar-refractivity contribution >= 4 is 29.1 Å². The summed E-state index contributed by atoms with van der Waals surface area (Å²) in [6.45, 7) is 12.3. The molecule has 2 rings (SSSR count). The predicted octanol–water partition coefficient (Wildman–Crippen LogP) is 4.37. The summed E-state index contributed by atoms with van der Waals surface area (Å²) in [4.78, 5) is 27.8. The largest absolute Gasteiger partial charge is 0.493 e. The summed E-state index contributed by atoms with van der Waals surface area (Å²) in [6, 6.07) is 7.44. The molecule has 2 amide bonds. The van der Waals surface area contributed by atoms with Crippen LogP contribution in [0.2, 0.25) is 0 Å². The van der Waals surface area contributed by atoms with E-state index in [4.69, 9.17) is 9.47 Å². The number of carbonyl (C=O) groups is 2. The summed E-state index contributed by atoms with van der Waals surface area (Å²) in [7, 11) is 0. The highest BCUT2D eigenvalue weighted by Crippen LogP contribution is 2.38. The van der Waals surface area contributed by atoms with Crippen LogP contribution >= 0.6 is 11.8 Å². The van der Waals surface area contributed by atoms with Gasteiger partial charge in [0, 0.05) is 25.0 Å². The van der Waals surface area contributed by atoms with Crippen molar-refractivity contribution in [3.8, 4) is 5.75 Å². The molecule has 1 heterocycles. The Morgan fingerprint density at radius 3 is 2.29 bits per heavy atom. The molecule has 0 unspecified atom stereocenters. The standard InChI is InChI=1S/C22H31NO4S/c1-6-26-13-7-12-23-21(24)19(20(22(23)25)28-16(4)5)17-8-10-18(11-9-17)27-14-15(2)3/h8-11,15-16H,6-7,12-14H2,1-5H3. The van der Waals surface area contributed by atoms with Gasteiger partial charge in [-0.2, -0.15) is 0 Å².